The average molecular weight is 436 g/mol. The molecule has 0 saturated carbocycles. The topological polar surface area (TPSA) is 86.8 Å². The molecule has 0 aromatic heterocycles. The summed E-state index contributed by atoms with van der Waals surface area (Å²) in [6, 6.07) is 18.7. The van der Waals surface area contributed by atoms with Crippen molar-refractivity contribution in [3.63, 3.8) is 0 Å². The Morgan fingerprint density at radius 1 is 0.806 bits per heavy atom. The summed E-state index contributed by atoms with van der Waals surface area (Å²) in [5.74, 6) is -0.690. The summed E-state index contributed by atoms with van der Waals surface area (Å²) in [4.78, 5) is 26.0. The van der Waals surface area contributed by atoms with Gasteiger partial charge in [0.25, 0.3) is 5.91 Å². The Hall–Kier alpha value is -3.65. The van der Waals surface area contributed by atoms with Crippen LogP contribution in [0.3, 0.4) is 0 Å². The van der Waals surface area contributed by atoms with E-state index in [-0.39, 0.29) is 11.3 Å². The van der Waals surface area contributed by atoms with Crippen LogP contribution in [0.2, 0.25) is 0 Å². The number of nitrogens with one attached hydrogen (secondary N) is 1. The van der Waals surface area contributed by atoms with Crippen molar-refractivity contribution in [1.29, 1.82) is 0 Å². The molecule has 3 aromatic rings. The molecule has 0 unspecified atom stereocenters. The smallest absolute Gasteiger partial charge is 0.322 e. The number of rotatable bonds is 4. The highest BCUT2D eigenvalue weighted by Crippen LogP contribution is 2.42. The van der Waals surface area contributed by atoms with Gasteiger partial charge in [0, 0.05) is 30.9 Å². The van der Waals surface area contributed by atoms with Crippen LogP contribution in [-0.4, -0.2) is 34.2 Å². The first kappa shape index (κ1) is 20.6. The van der Waals surface area contributed by atoms with Gasteiger partial charge in [-0.2, -0.15) is 8.42 Å². The zero-order valence-corrected chi connectivity index (χ0v) is 18.1. The fourth-order valence-electron chi connectivity index (χ4n) is 3.57. The molecule has 0 aliphatic carbocycles. The number of benzene rings is 3. The lowest BCUT2D eigenvalue weighted by molar-refractivity contribution is 0.0996. The molecule has 158 valence electrons. The van der Waals surface area contributed by atoms with Crippen LogP contribution >= 0.6 is 0 Å². The van der Waals surface area contributed by atoms with Gasteiger partial charge in [0.2, 0.25) is 0 Å². The maximum absolute atomic E-state index is 13.1. The van der Waals surface area contributed by atoms with Gasteiger partial charge in [-0.1, -0.05) is 48.5 Å². The molecule has 1 heterocycles. The maximum Gasteiger partial charge on any atom is 0.326 e. The van der Waals surface area contributed by atoms with E-state index in [0.717, 1.165) is 0 Å². The van der Waals surface area contributed by atoms with Crippen molar-refractivity contribution in [2.75, 3.05) is 28.0 Å². The number of hydrogen-bond acceptors (Lipinski definition) is 4. The SMILES string of the molecule is Cc1cc2c(cc1NC(=O)c1ccccc1C(=O)c1ccccc1)N(C)S(=O)(=O)N2C. The molecule has 1 N–H and O–H groups in total. The highest BCUT2D eigenvalue weighted by molar-refractivity contribution is 7.94. The minimum Gasteiger partial charge on any atom is -0.322 e. The number of fused-ring (bicyclic) bond motifs is 1. The van der Waals surface area contributed by atoms with Crippen molar-refractivity contribution in [3.8, 4) is 0 Å². The van der Waals surface area contributed by atoms with Gasteiger partial charge in [0.1, 0.15) is 0 Å². The maximum atomic E-state index is 13.1. The number of amides is 1. The van der Waals surface area contributed by atoms with E-state index < -0.39 is 16.1 Å². The molecular formula is C23H21N3O4S. The van der Waals surface area contributed by atoms with Crippen LogP contribution in [0, 0.1) is 6.92 Å². The van der Waals surface area contributed by atoms with Gasteiger partial charge in [0.05, 0.1) is 16.9 Å². The van der Waals surface area contributed by atoms with E-state index >= 15 is 0 Å². The van der Waals surface area contributed by atoms with E-state index in [1.54, 1.807) is 67.6 Å². The highest BCUT2D eigenvalue weighted by Gasteiger charge is 2.36. The monoisotopic (exact) mass is 435 g/mol. The molecule has 4 rings (SSSR count). The van der Waals surface area contributed by atoms with Crippen molar-refractivity contribution in [3.05, 3.63) is 89.0 Å². The van der Waals surface area contributed by atoms with E-state index in [4.69, 9.17) is 0 Å². The third kappa shape index (κ3) is 3.44. The van der Waals surface area contributed by atoms with E-state index in [1.807, 2.05) is 6.07 Å². The molecule has 7 nitrogen and oxygen atoms in total. The number of aryl methyl sites for hydroxylation is 1. The predicted octanol–water partition coefficient (Wildman–Crippen LogP) is 3.61. The molecule has 1 aliphatic heterocycles. The lowest BCUT2D eigenvalue weighted by Gasteiger charge is -2.14. The van der Waals surface area contributed by atoms with Gasteiger partial charge in [-0.3, -0.25) is 18.2 Å². The fourth-order valence-corrected chi connectivity index (χ4v) is 4.72. The van der Waals surface area contributed by atoms with Crippen LogP contribution in [0.4, 0.5) is 17.1 Å². The first-order valence-electron chi connectivity index (χ1n) is 9.59. The van der Waals surface area contributed by atoms with Crippen molar-refractivity contribution >= 4 is 39.0 Å². The van der Waals surface area contributed by atoms with Gasteiger partial charge < -0.3 is 5.32 Å². The standard InChI is InChI=1S/C23H21N3O4S/c1-15-13-20-21(26(3)31(29,30)25(20)2)14-19(15)24-23(28)18-12-8-7-11-17(18)22(27)16-9-5-4-6-10-16/h4-14H,1-3H3,(H,24,28). The predicted molar refractivity (Wildman–Crippen MR) is 121 cm³/mol. The summed E-state index contributed by atoms with van der Waals surface area (Å²) in [5.41, 5.74) is 3.22. The van der Waals surface area contributed by atoms with Gasteiger partial charge in [-0.15, -0.1) is 0 Å². The highest BCUT2D eigenvalue weighted by atomic mass is 32.2. The Labute approximate surface area is 181 Å². The Balaban J connectivity index is 1.68. The lowest BCUT2D eigenvalue weighted by atomic mass is 9.98. The summed E-state index contributed by atoms with van der Waals surface area (Å²) >= 11 is 0. The molecule has 1 amide bonds. The Morgan fingerprint density at radius 3 is 2.00 bits per heavy atom. The summed E-state index contributed by atoms with van der Waals surface area (Å²) in [6.07, 6.45) is 0. The zero-order chi connectivity index (χ0) is 22.3. The largest absolute Gasteiger partial charge is 0.326 e. The quantitative estimate of drug-likeness (QED) is 0.635. The number of ketones is 1. The van der Waals surface area contributed by atoms with Crippen LogP contribution in [0.25, 0.3) is 0 Å². The molecule has 0 bridgehead atoms. The van der Waals surface area contributed by atoms with Gasteiger partial charge in [-0.25, -0.2) is 0 Å². The first-order chi connectivity index (χ1) is 14.7. The normalized spacial score (nSPS) is 14.3. The van der Waals surface area contributed by atoms with Crippen molar-refractivity contribution in [2.24, 2.45) is 0 Å². The number of anilines is 3. The fraction of sp³-hybridized carbons (Fsp3) is 0.130. The number of nitrogens with zero attached hydrogens (tertiary/aromatic N) is 2. The average Bonchev–Trinajstić information content (AvgIpc) is 2.94. The molecule has 8 heteroatoms. The van der Waals surface area contributed by atoms with Crippen molar-refractivity contribution in [1.82, 2.24) is 0 Å². The summed E-state index contributed by atoms with van der Waals surface area (Å²) < 4.78 is 27.2. The molecule has 0 atom stereocenters. The third-order valence-corrected chi connectivity index (χ3v) is 7.17. The first-order valence-corrected chi connectivity index (χ1v) is 11.0. The van der Waals surface area contributed by atoms with Gasteiger partial charge in [-0.05, 0) is 30.7 Å². The molecule has 3 aromatic carbocycles. The van der Waals surface area contributed by atoms with Crippen LogP contribution in [0.5, 0.6) is 0 Å². The lowest BCUT2D eigenvalue weighted by Crippen LogP contribution is -2.32. The summed E-state index contributed by atoms with van der Waals surface area (Å²) in [6.45, 7) is 1.79. The van der Waals surface area contributed by atoms with E-state index in [1.165, 1.54) is 22.7 Å². The summed E-state index contributed by atoms with van der Waals surface area (Å²) in [7, 11) is -0.665. The zero-order valence-electron chi connectivity index (χ0n) is 17.3. The molecule has 0 fully saturated rings. The number of carbonyl (C=O) groups is 2. The molecule has 0 saturated heterocycles. The van der Waals surface area contributed by atoms with Crippen LogP contribution in [-0.2, 0) is 10.2 Å². The number of hydrogen-bond donors (Lipinski definition) is 1. The number of carbonyl (C=O) groups excluding carboxylic acids is 2. The van der Waals surface area contributed by atoms with Gasteiger partial charge >= 0.3 is 10.2 Å². The Morgan fingerprint density at radius 2 is 1.35 bits per heavy atom. The van der Waals surface area contributed by atoms with E-state index in [2.05, 4.69) is 5.32 Å². The Bertz CT molecular complexity index is 1300. The Kier molecular flexibility index (Phi) is 5.02. The van der Waals surface area contributed by atoms with Crippen molar-refractivity contribution in [2.45, 2.75) is 6.92 Å². The minimum atomic E-state index is -3.62. The van der Waals surface area contributed by atoms with Crippen LogP contribution < -0.4 is 13.9 Å². The second kappa shape index (κ2) is 7.55. The van der Waals surface area contributed by atoms with Gasteiger partial charge in [0.15, 0.2) is 5.78 Å². The molecule has 0 spiro atoms. The minimum absolute atomic E-state index is 0.245. The van der Waals surface area contributed by atoms with Crippen molar-refractivity contribution < 1.29 is 18.0 Å². The van der Waals surface area contributed by atoms with E-state index in [9.17, 15) is 18.0 Å². The molecule has 1 aliphatic rings. The van der Waals surface area contributed by atoms with Crippen LogP contribution in [0.15, 0.2) is 66.7 Å². The second-order valence-electron chi connectivity index (χ2n) is 7.29. The third-order valence-electron chi connectivity index (χ3n) is 5.39. The molecule has 0 radical (unpaired) electrons. The second-order valence-corrected chi connectivity index (χ2v) is 9.28. The van der Waals surface area contributed by atoms with Crippen LogP contribution in [0.1, 0.15) is 31.8 Å². The van der Waals surface area contributed by atoms with E-state index in [0.29, 0.717) is 33.8 Å². The molecule has 31 heavy (non-hydrogen) atoms. The summed E-state index contributed by atoms with van der Waals surface area (Å²) in [5, 5.41) is 2.83. The molecular weight excluding hydrogens is 414 g/mol.